The summed E-state index contributed by atoms with van der Waals surface area (Å²) in [4.78, 5) is 6.73. The van der Waals surface area contributed by atoms with E-state index in [4.69, 9.17) is 0 Å². The first-order chi connectivity index (χ1) is 15.0. The number of rotatable bonds is 3. The third-order valence-corrected chi connectivity index (χ3v) is 6.47. The lowest BCUT2D eigenvalue weighted by Gasteiger charge is -2.27. The predicted octanol–water partition coefficient (Wildman–Crippen LogP) is 3.93. The maximum absolute atomic E-state index is 14.4. The molecule has 1 saturated carbocycles. The highest BCUT2D eigenvalue weighted by Crippen LogP contribution is 2.39. The number of aromatic hydroxyl groups is 1. The van der Waals surface area contributed by atoms with Crippen molar-refractivity contribution in [3.63, 3.8) is 0 Å². The van der Waals surface area contributed by atoms with Gasteiger partial charge in [-0.05, 0) is 61.1 Å². The molecule has 1 aliphatic heterocycles. The monoisotopic (exact) mass is 416 g/mol. The molecular weight excluding hydrogens is 395 g/mol. The normalized spacial score (nSPS) is 20.1. The third-order valence-electron chi connectivity index (χ3n) is 6.47. The van der Waals surface area contributed by atoms with Crippen LogP contribution in [0.2, 0.25) is 0 Å². The Morgan fingerprint density at radius 2 is 2.00 bits per heavy atom. The largest absolute Gasteiger partial charge is 0.506 e. The number of aromatic nitrogens is 5. The summed E-state index contributed by atoms with van der Waals surface area (Å²) in [6.07, 6.45) is 7.16. The highest BCUT2D eigenvalue weighted by Gasteiger charge is 2.38. The molecule has 2 aliphatic rings. The van der Waals surface area contributed by atoms with E-state index in [9.17, 15) is 9.50 Å². The van der Waals surface area contributed by atoms with Crippen LogP contribution in [0, 0.1) is 11.7 Å². The summed E-state index contributed by atoms with van der Waals surface area (Å²) in [6, 6.07) is 9.19. The Labute approximate surface area is 178 Å². The number of fused-ring (bicyclic) bond motifs is 3. The van der Waals surface area contributed by atoms with Crippen molar-refractivity contribution in [3.05, 3.63) is 48.5 Å². The van der Waals surface area contributed by atoms with Gasteiger partial charge in [-0.15, -0.1) is 10.2 Å². The van der Waals surface area contributed by atoms with Crippen LogP contribution in [0.5, 0.6) is 5.75 Å². The zero-order valence-corrected chi connectivity index (χ0v) is 17.0. The Balaban J connectivity index is 1.30. The van der Waals surface area contributed by atoms with Gasteiger partial charge in [0.25, 0.3) is 0 Å². The summed E-state index contributed by atoms with van der Waals surface area (Å²) in [5, 5.41) is 24.1. The molecular formula is C23H21FN6O. The van der Waals surface area contributed by atoms with Gasteiger partial charge >= 0.3 is 0 Å². The number of benzene rings is 1. The van der Waals surface area contributed by atoms with Crippen LogP contribution in [-0.4, -0.2) is 42.7 Å². The van der Waals surface area contributed by atoms with E-state index in [2.05, 4.69) is 25.2 Å². The third kappa shape index (κ3) is 3.01. The number of nitrogens with zero attached hydrogens (tertiary/aromatic N) is 6. The molecule has 1 saturated heterocycles. The van der Waals surface area contributed by atoms with Crippen LogP contribution in [-0.2, 0) is 7.05 Å². The first-order valence-corrected chi connectivity index (χ1v) is 10.5. The van der Waals surface area contributed by atoms with Gasteiger partial charge in [0.2, 0.25) is 0 Å². The molecule has 2 atom stereocenters. The molecule has 31 heavy (non-hydrogen) atoms. The first kappa shape index (κ1) is 18.2. The average Bonchev–Trinajstić information content (AvgIpc) is 3.49. The summed E-state index contributed by atoms with van der Waals surface area (Å²) in [6.45, 7) is 1.05. The Morgan fingerprint density at radius 3 is 2.71 bits per heavy atom. The van der Waals surface area contributed by atoms with Crippen molar-refractivity contribution in [1.29, 1.82) is 0 Å². The quantitative estimate of drug-likeness (QED) is 0.545. The summed E-state index contributed by atoms with van der Waals surface area (Å²) >= 11 is 0. The molecule has 1 N–H and O–H groups in total. The van der Waals surface area contributed by atoms with E-state index in [0.717, 1.165) is 18.3 Å². The van der Waals surface area contributed by atoms with E-state index in [-0.39, 0.29) is 5.75 Å². The van der Waals surface area contributed by atoms with Gasteiger partial charge in [0, 0.05) is 43.0 Å². The maximum atomic E-state index is 14.4. The minimum Gasteiger partial charge on any atom is -0.506 e. The number of pyridine rings is 1. The fraction of sp³-hybridized carbons (Fsp3) is 0.304. The fourth-order valence-electron chi connectivity index (χ4n) is 5.00. The molecule has 2 unspecified atom stereocenters. The second-order valence-corrected chi connectivity index (χ2v) is 8.55. The summed E-state index contributed by atoms with van der Waals surface area (Å²) in [5.41, 5.74) is 2.42. The number of aryl methyl sites for hydroxylation is 1. The molecule has 4 heterocycles. The predicted molar refractivity (Wildman–Crippen MR) is 115 cm³/mol. The van der Waals surface area contributed by atoms with Crippen molar-refractivity contribution in [3.8, 4) is 28.3 Å². The van der Waals surface area contributed by atoms with E-state index in [0.29, 0.717) is 39.5 Å². The summed E-state index contributed by atoms with van der Waals surface area (Å²) in [7, 11) is 1.75. The van der Waals surface area contributed by atoms with Crippen molar-refractivity contribution < 1.29 is 9.50 Å². The van der Waals surface area contributed by atoms with Crippen LogP contribution >= 0.6 is 0 Å². The van der Waals surface area contributed by atoms with Crippen molar-refractivity contribution in [2.75, 3.05) is 11.4 Å². The lowest BCUT2D eigenvalue weighted by Crippen LogP contribution is -2.32. The molecule has 7 nitrogen and oxygen atoms in total. The van der Waals surface area contributed by atoms with E-state index < -0.39 is 5.82 Å². The molecule has 4 aromatic rings. The second kappa shape index (κ2) is 6.73. The van der Waals surface area contributed by atoms with E-state index in [1.165, 1.54) is 25.3 Å². The second-order valence-electron chi connectivity index (χ2n) is 8.55. The Morgan fingerprint density at radius 1 is 1.10 bits per heavy atom. The van der Waals surface area contributed by atoms with Crippen LogP contribution in [0.3, 0.4) is 0 Å². The lowest BCUT2D eigenvalue weighted by atomic mass is 10.0. The zero-order chi connectivity index (χ0) is 21.1. The van der Waals surface area contributed by atoms with Crippen molar-refractivity contribution in [2.45, 2.75) is 25.3 Å². The van der Waals surface area contributed by atoms with Gasteiger partial charge in [0.1, 0.15) is 22.7 Å². The molecule has 1 aliphatic carbocycles. The van der Waals surface area contributed by atoms with Crippen LogP contribution < -0.4 is 4.90 Å². The SMILES string of the molecule is Cn1cc2cc(-c3cnc(-c4ccc(N5CC6CCC5C6)nn4)c(O)c3)cc(F)c2n1. The molecule has 1 aromatic carbocycles. The molecule has 3 aromatic heterocycles. The number of anilines is 1. The number of hydrogen-bond donors (Lipinski definition) is 1. The average molecular weight is 416 g/mol. The van der Waals surface area contributed by atoms with Crippen molar-refractivity contribution >= 4 is 16.7 Å². The van der Waals surface area contributed by atoms with Crippen LogP contribution in [0.25, 0.3) is 33.4 Å². The molecule has 0 amide bonds. The first-order valence-electron chi connectivity index (χ1n) is 10.5. The van der Waals surface area contributed by atoms with Crippen molar-refractivity contribution in [1.82, 2.24) is 25.0 Å². The Bertz CT molecular complexity index is 1300. The minimum atomic E-state index is -0.409. The van der Waals surface area contributed by atoms with Gasteiger partial charge in [-0.1, -0.05) is 0 Å². The number of hydrogen-bond acceptors (Lipinski definition) is 6. The number of halogens is 1. The Kier molecular flexibility index (Phi) is 3.96. The van der Waals surface area contributed by atoms with Gasteiger partial charge in [-0.2, -0.15) is 5.10 Å². The van der Waals surface area contributed by atoms with E-state index >= 15 is 0 Å². The minimum absolute atomic E-state index is 0.0218. The summed E-state index contributed by atoms with van der Waals surface area (Å²) in [5.74, 6) is 1.23. The highest BCUT2D eigenvalue weighted by molar-refractivity contribution is 5.85. The molecule has 0 radical (unpaired) electrons. The molecule has 2 fully saturated rings. The van der Waals surface area contributed by atoms with Crippen molar-refractivity contribution in [2.24, 2.45) is 13.0 Å². The Hall–Kier alpha value is -3.55. The molecule has 6 rings (SSSR count). The van der Waals surface area contributed by atoms with Gasteiger partial charge < -0.3 is 10.0 Å². The maximum Gasteiger partial charge on any atom is 0.151 e. The lowest BCUT2D eigenvalue weighted by molar-refractivity contribution is 0.475. The molecule has 0 spiro atoms. The highest BCUT2D eigenvalue weighted by atomic mass is 19.1. The van der Waals surface area contributed by atoms with Gasteiger partial charge in [0.15, 0.2) is 11.6 Å². The van der Waals surface area contributed by atoms with Crippen LogP contribution in [0.15, 0.2) is 42.7 Å². The van der Waals surface area contributed by atoms with Gasteiger partial charge in [-0.25, -0.2) is 9.37 Å². The van der Waals surface area contributed by atoms with Gasteiger partial charge in [0.05, 0.1) is 0 Å². The molecule has 156 valence electrons. The molecule has 8 heteroatoms. The van der Waals surface area contributed by atoms with E-state index in [1.807, 2.05) is 18.2 Å². The van der Waals surface area contributed by atoms with Crippen LogP contribution in [0.1, 0.15) is 19.3 Å². The molecule has 2 bridgehead atoms. The standard InChI is InChI=1S/C23H21FN6O/c1-29-12-16-7-14(8-18(24)22(16)28-29)15-9-20(31)23(25-10-15)19-4-5-21(27-26-19)30-11-13-2-3-17(30)6-13/h4-5,7-10,12-13,17,31H,2-3,6,11H2,1H3. The zero-order valence-electron chi connectivity index (χ0n) is 17.0. The summed E-state index contributed by atoms with van der Waals surface area (Å²) < 4.78 is 16.0. The van der Waals surface area contributed by atoms with Gasteiger partial charge in [-0.3, -0.25) is 4.68 Å². The smallest absolute Gasteiger partial charge is 0.151 e. The topological polar surface area (TPSA) is 80.0 Å². The fourth-order valence-corrected chi connectivity index (χ4v) is 5.00. The van der Waals surface area contributed by atoms with E-state index in [1.54, 1.807) is 30.2 Å². The van der Waals surface area contributed by atoms with Crippen LogP contribution in [0.4, 0.5) is 10.2 Å². The number of piperidine rings is 1.